The van der Waals surface area contributed by atoms with E-state index >= 15 is 0 Å². The van der Waals surface area contributed by atoms with Gasteiger partial charge in [-0.05, 0) is 18.6 Å². The Morgan fingerprint density at radius 3 is 2.48 bits per heavy atom. The standard InChI is InChI=1S/C20H16ClNO3/c1-2-17(19(23)13-8-4-3-5-9-13)25-20(24)15-12-18(21)22-16-11-7-6-10-14(15)16/h3-12,17H,2H2,1H3/t17-/m0/s1. The number of esters is 1. The number of benzene rings is 2. The van der Waals surface area contributed by atoms with Gasteiger partial charge in [-0.2, -0.15) is 0 Å². The maximum Gasteiger partial charge on any atom is 0.339 e. The number of pyridine rings is 1. The van der Waals surface area contributed by atoms with Crippen molar-refractivity contribution >= 4 is 34.3 Å². The number of Topliss-reactive ketones (excluding diaryl/α,β-unsaturated/α-hetero) is 1. The Balaban J connectivity index is 1.90. The number of carbonyl (C=O) groups excluding carboxylic acids is 2. The number of halogens is 1. The monoisotopic (exact) mass is 353 g/mol. The molecule has 3 aromatic rings. The predicted octanol–water partition coefficient (Wildman–Crippen LogP) is 4.71. The van der Waals surface area contributed by atoms with Crippen LogP contribution in [0.2, 0.25) is 5.15 Å². The molecule has 0 aliphatic carbocycles. The molecule has 1 atom stereocenters. The first kappa shape index (κ1) is 17.1. The van der Waals surface area contributed by atoms with Crippen molar-refractivity contribution < 1.29 is 14.3 Å². The highest BCUT2D eigenvalue weighted by Crippen LogP contribution is 2.22. The molecule has 3 rings (SSSR count). The first-order valence-corrected chi connectivity index (χ1v) is 8.33. The number of ether oxygens (including phenoxy) is 1. The van der Waals surface area contributed by atoms with E-state index in [1.54, 1.807) is 49.4 Å². The van der Waals surface area contributed by atoms with Crippen molar-refractivity contribution in [2.24, 2.45) is 0 Å². The van der Waals surface area contributed by atoms with Gasteiger partial charge >= 0.3 is 5.97 Å². The maximum absolute atomic E-state index is 12.7. The van der Waals surface area contributed by atoms with E-state index in [0.717, 1.165) is 0 Å². The van der Waals surface area contributed by atoms with Crippen LogP contribution in [0.4, 0.5) is 0 Å². The molecule has 0 radical (unpaired) electrons. The topological polar surface area (TPSA) is 56.3 Å². The zero-order valence-corrected chi connectivity index (χ0v) is 14.4. The fraction of sp³-hybridized carbons (Fsp3) is 0.150. The summed E-state index contributed by atoms with van der Waals surface area (Å²) in [7, 11) is 0. The summed E-state index contributed by atoms with van der Waals surface area (Å²) in [5.74, 6) is -0.808. The van der Waals surface area contributed by atoms with E-state index in [1.165, 1.54) is 6.07 Å². The Bertz CT molecular complexity index is 925. The summed E-state index contributed by atoms with van der Waals surface area (Å²) in [6, 6.07) is 17.4. The van der Waals surface area contributed by atoms with Crippen LogP contribution in [0, 0.1) is 0 Å². The second-order valence-corrected chi connectivity index (χ2v) is 5.93. The smallest absolute Gasteiger partial charge is 0.339 e. The molecular weight excluding hydrogens is 338 g/mol. The highest BCUT2D eigenvalue weighted by Gasteiger charge is 2.24. The summed E-state index contributed by atoms with van der Waals surface area (Å²) in [5.41, 5.74) is 1.42. The van der Waals surface area contributed by atoms with Crippen LogP contribution in [0.3, 0.4) is 0 Å². The van der Waals surface area contributed by atoms with Gasteiger partial charge in [-0.3, -0.25) is 4.79 Å². The van der Waals surface area contributed by atoms with Crippen molar-refractivity contribution in [3.63, 3.8) is 0 Å². The first-order chi connectivity index (χ1) is 12.1. The van der Waals surface area contributed by atoms with Crippen molar-refractivity contribution in [3.8, 4) is 0 Å². The molecule has 25 heavy (non-hydrogen) atoms. The van der Waals surface area contributed by atoms with Gasteiger partial charge in [0.25, 0.3) is 0 Å². The van der Waals surface area contributed by atoms with Gasteiger partial charge in [0.2, 0.25) is 5.78 Å². The van der Waals surface area contributed by atoms with Crippen LogP contribution < -0.4 is 0 Å². The third-order valence-corrected chi connectivity index (χ3v) is 4.07. The summed E-state index contributed by atoms with van der Waals surface area (Å²) in [4.78, 5) is 29.4. The largest absolute Gasteiger partial charge is 0.450 e. The maximum atomic E-state index is 12.7. The number of nitrogens with zero attached hydrogens (tertiary/aromatic N) is 1. The number of fused-ring (bicyclic) bond motifs is 1. The van der Waals surface area contributed by atoms with Gasteiger partial charge in [0.1, 0.15) is 5.15 Å². The van der Waals surface area contributed by atoms with Gasteiger partial charge in [-0.1, -0.05) is 67.1 Å². The van der Waals surface area contributed by atoms with Gasteiger partial charge in [0.05, 0.1) is 11.1 Å². The molecule has 0 amide bonds. The molecule has 1 heterocycles. The Kier molecular flexibility index (Phi) is 5.10. The molecule has 0 fully saturated rings. The van der Waals surface area contributed by atoms with Crippen molar-refractivity contribution in [2.75, 3.05) is 0 Å². The van der Waals surface area contributed by atoms with E-state index in [4.69, 9.17) is 16.3 Å². The zero-order chi connectivity index (χ0) is 17.8. The Hall–Kier alpha value is -2.72. The molecule has 126 valence electrons. The Morgan fingerprint density at radius 2 is 1.76 bits per heavy atom. The number of aromatic nitrogens is 1. The molecule has 0 aliphatic heterocycles. The number of carbonyl (C=O) groups is 2. The summed E-state index contributed by atoms with van der Waals surface area (Å²) in [6.07, 6.45) is -0.462. The molecular formula is C20H16ClNO3. The van der Waals surface area contributed by atoms with E-state index in [0.29, 0.717) is 28.5 Å². The van der Waals surface area contributed by atoms with Crippen molar-refractivity contribution in [3.05, 3.63) is 76.9 Å². The fourth-order valence-electron chi connectivity index (χ4n) is 2.62. The molecule has 5 heteroatoms. The average Bonchev–Trinajstić information content (AvgIpc) is 2.65. The van der Waals surface area contributed by atoms with Crippen LogP contribution >= 0.6 is 11.6 Å². The predicted molar refractivity (Wildman–Crippen MR) is 97.0 cm³/mol. The number of hydrogen-bond acceptors (Lipinski definition) is 4. The molecule has 0 saturated carbocycles. The minimum Gasteiger partial charge on any atom is -0.450 e. The van der Waals surface area contributed by atoms with Crippen LogP contribution in [0.5, 0.6) is 0 Å². The van der Waals surface area contributed by atoms with Crippen LogP contribution in [-0.2, 0) is 4.74 Å². The van der Waals surface area contributed by atoms with E-state index in [-0.39, 0.29) is 10.9 Å². The molecule has 0 saturated heterocycles. The summed E-state index contributed by atoms with van der Waals surface area (Å²) >= 11 is 6.01. The SMILES string of the molecule is CC[C@H](OC(=O)c1cc(Cl)nc2ccccc12)C(=O)c1ccccc1. The molecule has 0 N–H and O–H groups in total. The number of para-hydroxylation sites is 1. The minimum atomic E-state index is -0.847. The second kappa shape index (κ2) is 7.45. The number of hydrogen-bond donors (Lipinski definition) is 0. The summed E-state index contributed by atoms with van der Waals surface area (Å²) in [5, 5.41) is 0.840. The lowest BCUT2D eigenvalue weighted by molar-refractivity contribution is 0.0279. The van der Waals surface area contributed by atoms with Crippen LogP contribution in [0.25, 0.3) is 10.9 Å². The van der Waals surface area contributed by atoms with E-state index < -0.39 is 12.1 Å². The van der Waals surface area contributed by atoms with E-state index in [1.807, 2.05) is 12.1 Å². The summed E-state index contributed by atoms with van der Waals surface area (Å²) in [6.45, 7) is 1.80. The molecule has 2 aromatic carbocycles. The van der Waals surface area contributed by atoms with Gasteiger partial charge < -0.3 is 4.74 Å². The Morgan fingerprint density at radius 1 is 1.08 bits per heavy atom. The van der Waals surface area contributed by atoms with Crippen LogP contribution in [0.15, 0.2) is 60.7 Å². The van der Waals surface area contributed by atoms with Crippen molar-refractivity contribution in [1.82, 2.24) is 4.98 Å². The van der Waals surface area contributed by atoms with Gasteiger partial charge in [-0.25, -0.2) is 9.78 Å². The third kappa shape index (κ3) is 3.69. The molecule has 0 aliphatic rings. The first-order valence-electron chi connectivity index (χ1n) is 7.95. The highest BCUT2D eigenvalue weighted by molar-refractivity contribution is 6.30. The molecule has 0 unspecified atom stereocenters. The lowest BCUT2D eigenvalue weighted by atomic mass is 10.0. The molecule has 0 bridgehead atoms. The minimum absolute atomic E-state index is 0.202. The average molecular weight is 354 g/mol. The van der Waals surface area contributed by atoms with Crippen LogP contribution in [0.1, 0.15) is 34.1 Å². The summed E-state index contributed by atoms with van der Waals surface area (Å²) < 4.78 is 5.49. The van der Waals surface area contributed by atoms with Crippen molar-refractivity contribution in [2.45, 2.75) is 19.4 Å². The fourth-order valence-corrected chi connectivity index (χ4v) is 2.82. The highest BCUT2D eigenvalue weighted by atomic mass is 35.5. The molecule has 4 nitrogen and oxygen atoms in total. The van der Waals surface area contributed by atoms with Gasteiger partial charge in [-0.15, -0.1) is 0 Å². The van der Waals surface area contributed by atoms with Gasteiger partial charge in [0, 0.05) is 10.9 Å². The second-order valence-electron chi connectivity index (χ2n) is 5.54. The molecule has 1 aromatic heterocycles. The molecule has 0 spiro atoms. The van der Waals surface area contributed by atoms with E-state index in [9.17, 15) is 9.59 Å². The quantitative estimate of drug-likeness (QED) is 0.379. The van der Waals surface area contributed by atoms with Crippen LogP contribution in [-0.4, -0.2) is 22.8 Å². The normalized spacial score (nSPS) is 11.9. The number of rotatable bonds is 5. The third-order valence-electron chi connectivity index (χ3n) is 3.88. The lowest BCUT2D eigenvalue weighted by Gasteiger charge is -2.16. The Labute approximate surface area is 150 Å². The lowest BCUT2D eigenvalue weighted by Crippen LogP contribution is -2.27. The van der Waals surface area contributed by atoms with E-state index in [2.05, 4.69) is 4.98 Å². The zero-order valence-electron chi connectivity index (χ0n) is 13.6. The van der Waals surface area contributed by atoms with Gasteiger partial charge in [0.15, 0.2) is 6.10 Å². The van der Waals surface area contributed by atoms with Crippen molar-refractivity contribution in [1.29, 1.82) is 0 Å². The number of ketones is 1.